The first kappa shape index (κ1) is 12.2. The molecule has 4 heteroatoms. The van der Waals surface area contributed by atoms with Gasteiger partial charge in [-0.15, -0.1) is 0 Å². The third-order valence-corrected chi connectivity index (χ3v) is 4.69. The summed E-state index contributed by atoms with van der Waals surface area (Å²) >= 11 is 0. The normalized spacial score (nSPS) is 32.7. The van der Waals surface area contributed by atoms with E-state index in [-0.39, 0.29) is 0 Å². The Morgan fingerprint density at radius 1 is 1.22 bits per heavy atom. The number of nitrogens with zero attached hydrogens (tertiary/aromatic N) is 3. The molecule has 0 spiro atoms. The van der Waals surface area contributed by atoms with Crippen LogP contribution in [0, 0.1) is 11.8 Å². The van der Waals surface area contributed by atoms with E-state index in [0.29, 0.717) is 6.04 Å². The van der Waals surface area contributed by atoms with Gasteiger partial charge >= 0.3 is 0 Å². The molecule has 2 fully saturated rings. The quantitative estimate of drug-likeness (QED) is 0.890. The van der Waals surface area contributed by atoms with Crippen molar-refractivity contribution < 1.29 is 0 Å². The second kappa shape index (κ2) is 5.00. The van der Waals surface area contributed by atoms with Crippen molar-refractivity contribution in [2.45, 2.75) is 64.6 Å². The van der Waals surface area contributed by atoms with Gasteiger partial charge in [-0.2, -0.15) is 5.10 Å². The Balaban J connectivity index is 1.65. The second-order valence-electron chi connectivity index (χ2n) is 6.20. The van der Waals surface area contributed by atoms with Gasteiger partial charge in [0.05, 0.1) is 12.6 Å². The standard InChI is InChI=1S/C14H24N4/c1-10-3-6-13(7-11(10)2)18-14(16-9-17-18)8-15-12-4-5-12/h9-13,15H,3-8H2,1-2H3. The Morgan fingerprint density at radius 3 is 2.78 bits per heavy atom. The van der Waals surface area contributed by atoms with Crippen molar-refractivity contribution in [1.29, 1.82) is 0 Å². The molecule has 3 unspecified atom stereocenters. The maximum absolute atomic E-state index is 4.46. The molecule has 0 amide bonds. The summed E-state index contributed by atoms with van der Waals surface area (Å²) in [7, 11) is 0. The van der Waals surface area contributed by atoms with E-state index in [2.05, 4.69) is 33.9 Å². The molecular weight excluding hydrogens is 224 g/mol. The fraction of sp³-hybridized carbons (Fsp3) is 0.857. The van der Waals surface area contributed by atoms with Crippen LogP contribution in [0.15, 0.2) is 6.33 Å². The first-order valence-corrected chi connectivity index (χ1v) is 7.36. The van der Waals surface area contributed by atoms with Crippen LogP contribution in [0.25, 0.3) is 0 Å². The number of rotatable bonds is 4. The van der Waals surface area contributed by atoms with Crippen molar-refractivity contribution in [3.8, 4) is 0 Å². The van der Waals surface area contributed by atoms with Gasteiger partial charge in [0.1, 0.15) is 12.2 Å². The van der Waals surface area contributed by atoms with Crippen molar-refractivity contribution >= 4 is 0 Å². The van der Waals surface area contributed by atoms with E-state index in [0.717, 1.165) is 30.2 Å². The van der Waals surface area contributed by atoms with Crippen LogP contribution in [0.3, 0.4) is 0 Å². The summed E-state index contributed by atoms with van der Waals surface area (Å²) in [5.74, 6) is 2.78. The number of hydrogen-bond acceptors (Lipinski definition) is 3. The highest BCUT2D eigenvalue weighted by Gasteiger charge is 2.28. The minimum atomic E-state index is 0.565. The summed E-state index contributed by atoms with van der Waals surface area (Å²) in [4.78, 5) is 4.42. The Labute approximate surface area is 109 Å². The minimum Gasteiger partial charge on any atom is -0.307 e. The molecule has 0 radical (unpaired) electrons. The first-order chi connectivity index (χ1) is 8.74. The van der Waals surface area contributed by atoms with E-state index < -0.39 is 0 Å². The van der Waals surface area contributed by atoms with Crippen LogP contribution >= 0.6 is 0 Å². The van der Waals surface area contributed by atoms with Gasteiger partial charge in [0, 0.05) is 6.04 Å². The van der Waals surface area contributed by atoms with E-state index in [1.165, 1.54) is 32.1 Å². The molecule has 100 valence electrons. The molecule has 2 aliphatic rings. The average Bonchev–Trinajstić information content (AvgIpc) is 3.08. The second-order valence-corrected chi connectivity index (χ2v) is 6.20. The van der Waals surface area contributed by atoms with Gasteiger partial charge in [0.15, 0.2) is 0 Å². The Hall–Kier alpha value is -0.900. The zero-order valence-electron chi connectivity index (χ0n) is 11.5. The molecule has 0 aliphatic heterocycles. The lowest BCUT2D eigenvalue weighted by molar-refractivity contribution is 0.197. The lowest BCUT2D eigenvalue weighted by Gasteiger charge is -2.32. The molecule has 4 nitrogen and oxygen atoms in total. The molecule has 3 rings (SSSR count). The Bertz CT molecular complexity index is 396. The maximum Gasteiger partial charge on any atom is 0.141 e. The Morgan fingerprint density at radius 2 is 2.06 bits per heavy atom. The van der Waals surface area contributed by atoms with Crippen molar-refractivity contribution in [3.63, 3.8) is 0 Å². The van der Waals surface area contributed by atoms with Gasteiger partial charge < -0.3 is 5.32 Å². The largest absolute Gasteiger partial charge is 0.307 e. The van der Waals surface area contributed by atoms with Crippen molar-refractivity contribution in [2.75, 3.05) is 0 Å². The lowest BCUT2D eigenvalue weighted by atomic mass is 9.79. The summed E-state index contributed by atoms with van der Waals surface area (Å²) in [6.07, 6.45) is 8.19. The molecule has 1 heterocycles. The zero-order chi connectivity index (χ0) is 12.5. The van der Waals surface area contributed by atoms with Crippen molar-refractivity contribution in [3.05, 3.63) is 12.2 Å². The SMILES string of the molecule is CC1CCC(n2ncnc2CNC2CC2)CC1C. The molecule has 0 bridgehead atoms. The summed E-state index contributed by atoms with van der Waals surface area (Å²) in [5.41, 5.74) is 0. The summed E-state index contributed by atoms with van der Waals surface area (Å²) in [6.45, 7) is 5.62. The van der Waals surface area contributed by atoms with E-state index in [4.69, 9.17) is 0 Å². The monoisotopic (exact) mass is 248 g/mol. The molecule has 1 aromatic heterocycles. The highest BCUT2D eigenvalue weighted by atomic mass is 15.4. The molecule has 1 aromatic rings. The van der Waals surface area contributed by atoms with Crippen molar-refractivity contribution in [2.24, 2.45) is 11.8 Å². The van der Waals surface area contributed by atoms with E-state index in [1.807, 2.05) is 0 Å². The predicted octanol–water partition coefficient (Wildman–Crippen LogP) is 2.53. The molecule has 3 atom stereocenters. The minimum absolute atomic E-state index is 0.565. The van der Waals surface area contributed by atoms with E-state index in [1.54, 1.807) is 6.33 Å². The van der Waals surface area contributed by atoms with Crippen LogP contribution in [-0.2, 0) is 6.54 Å². The van der Waals surface area contributed by atoms with Crippen LogP contribution in [0.2, 0.25) is 0 Å². The van der Waals surface area contributed by atoms with E-state index >= 15 is 0 Å². The van der Waals surface area contributed by atoms with Crippen LogP contribution in [0.5, 0.6) is 0 Å². The Kier molecular flexibility index (Phi) is 3.37. The van der Waals surface area contributed by atoms with Gasteiger partial charge in [0.25, 0.3) is 0 Å². The number of nitrogens with one attached hydrogen (secondary N) is 1. The molecule has 18 heavy (non-hydrogen) atoms. The van der Waals surface area contributed by atoms with Gasteiger partial charge in [-0.05, 0) is 43.9 Å². The third-order valence-electron chi connectivity index (χ3n) is 4.69. The first-order valence-electron chi connectivity index (χ1n) is 7.36. The lowest BCUT2D eigenvalue weighted by Crippen LogP contribution is -2.27. The summed E-state index contributed by atoms with van der Waals surface area (Å²) in [5, 5.41) is 8.00. The zero-order valence-corrected chi connectivity index (χ0v) is 11.5. The average molecular weight is 248 g/mol. The van der Waals surface area contributed by atoms with Gasteiger partial charge in [0.2, 0.25) is 0 Å². The fourth-order valence-corrected chi connectivity index (χ4v) is 2.97. The number of hydrogen-bond donors (Lipinski definition) is 1. The fourth-order valence-electron chi connectivity index (χ4n) is 2.97. The topological polar surface area (TPSA) is 42.7 Å². The molecule has 2 saturated carbocycles. The maximum atomic E-state index is 4.46. The van der Waals surface area contributed by atoms with Crippen molar-refractivity contribution in [1.82, 2.24) is 20.1 Å². The predicted molar refractivity (Wildman–Crippen MR) is 71.1 cm³/mol. The highest BCUT2D eigenvalue weighted by molar-refractivity contribution is 4.92. The highest BCUT2D eigenvalue weighted by Crippen LogP contribution is 2.36. The molecule has 0 saturated heterocycles. The third kappa shape index (κ3) is 2.58. The number of aromatic nitrogens is 3. The molecule has 2 aliphatic carbocycles. The van der Waals surface area contributed by atoms with Crippen LogP contribution in [-0.4, -0.2) is 20.8 Å². The summed E-state index contributed by atoms with van der Waals surface area (Å²) in [6, 6.07) is 1.30. The van der Waals surface area contributed by atoms with Gasteiger partial charge in [-0.1, -0.05) is 13.8 Å². The molecule has 0 aromatic carbocycles. The molecule has 1 N–H and O–H groups in total. The smallest absolute Gasteiger partial charge is 0.141 e. The van der Waals surface area contributed by atoms with Crippen LogP contribution < -0.4 is 5.32 Å². The summed E-state index contributed by atoms with van der Waals surface area (Å²) < 4.78 is 2.18. The van der Waals surface area contributed by atoms with E-state index in [9.17, 15) is 0 Å². The van der Waals surface area contributed by atoms with Gasteiger partial charge in [-0.25, -0.2) is 9.67 Å². The molecular formula is C14H24N4. The van der Waals surface area contributed by atoms with Crippen LogP contribution in [0.4, 0.5) is 0 Å². The van der Waals surface area contributed by atoms with Crippen LogP contribution in [0.1, 0.15) is 57.8 Å². The van der Waals surface area contributed by atoms with Gasteiger partial charge in [-0.3, -0.25) is 0 Å².